The van der Waals surface area contributed by atoms with Crippen LogP contribution >= 0.6 is 15.9 Å². The van der Waals surface area contributed by atoms with Gasteiger partial charge in [0.15, 0.2) is 11.5 Å². The van der Waals surface area contributed by atoms with Gasteiger partial charge in [-0.05, 0) is 59.1 Å². The summed E-state index contributed by atoms with van der Waals surface area (Å²) < 4.78 is 11.9. The number of aromatic amines is 1. The number of carbonyl (C=O) groups excluding carboxylic acids is 1. The molecule has 1 amide bonds. The molecule has 3 aromatic rings. The summed E-state index contributed by atoms with van der Waals surface area (Å²) in [6, 6.07) is 11.6. The van der Waals surface area contributed by atoms with E-state index in [-0.39, 0.29) is 18.6 Å². The quantitative estimate of drug-likeness (QED) is 0.693. The van der Waals surface area contributed by atoms with Crippen molar-refractivity contribution in [3.8, 4) is 11.5 Å². The monoisotopic (exact) mass is 398 g/mol. The number of hydrogen-bond acceptors (Lipinski definition) is 3. The van der Waals surface area contributed by atoms with Gasteiger partial charge in [0.25, 0.3) is 0 Å². The Kier molecular flexibility index (Phi) is 3.28. The maximum absolute atomic E-state index is 13.0. The summed E-state index contributed by atoms with van der Waals surface area (Å²) in [5, 5.41) is 1.05. The molecule has 0 saturated heterocycles. The van der Waals surface area contributed by atoms with E-state index in [4.69, 9.17) is 9.47 Å². The van der Waals surface area contributed by atoms with Crippen LogP contribution < -0.4 is 14.4 Å². The Bertz CT molecular complexity index is 993. The zero-order chi connectivity index (χ0) is 17.0. The third kappa shape index (κ3) is 2.48. The Morgan fingerprint density at radius 2 is 1.84 bits per heavy atom. The van der Waals surface area contributed by atoms with Crippen molar-refractivity contribution in [2.75, 3.05) is 11.7 Å². The van der Waals surface area contributed by atoms with Gasteiger partial charge in [-0.1, -0.05) is 0 Å². The Hall–Kier alpha value is -2.47. The number of benzene rings is 2. The second-order valence-electron chi connectivity index (χ2n) is 6.35. The SMILES string of the molecule is O=C(C1CC1)N(c1ccc2c(c1)OCO2)c1ccc2[nH]cc(Br)c2c1. The van der Waals surface area contributed by atoms with Crippen LogP contribution in [0.5, 0.6) is 11.5 Å². The lowest BCUT2D eigenvalue weighted by molar-refractivity contribution is -0.119. The molecule has 2 aromatic carbocycles. The molecular formula is C19H15BrN2O3. The average molecular weight is 399 g/mol. The highest BCUT2D eigenvalue weighted by Gasteiger charge is 2.35. The Morgan fingerprint density at radius 1 is 1.08 bits per heavy atom. The van der Waals surface area contributed by atoms with Gasteiger partial charge in [-0.15, -0.1) is 0 Å². The van der Waals surface area contributed by atoms with Gasteiger partial charge in [-0.25, -0.2) is 0 Å². The minimum absolute atomic E-state index is 0.107. The highest BCUT2D eigenvalue weighted by Crippen LogP contribution is 2.41. The molecule has 126 valence electrons. The maximum atomic E-state index is 13.0. The first-order chi connectivity index (χ1) is 12.2. The van der Waals surface area contributed by atoms with E-state index in [1.807, 2.05) is 42.6 Å². The molecule has 0 spiro atoms. The molecule has 5 rings (SSSR count). The van der Waals surface area contributed by atoms with Crippen LogP contribution in [0.1, 0.15) is 12.8 Å². The van der Waals surface area contributed by atoms with E-state index in [1.165, 1.54) is 0 Å². The molecule has 1 aromatic heterocycles. The third-order valence-electron chi connectivity index (χ3n) is 4.63. The lowest BCUT2D eigenvalue weighted by atomic mass is 10.1. The number of hydrogen-bond donors (Lipinski definition) is 1. The van der Waals surface area contributed by atoms with Crippen molar-refractivity contribution >= 4 is 44.1 Å². The van der Waals surface area contributed by atoms with Crippen LogP contribution in [0.4, 0.5) is 11.4 Å². The molecule has 0 radical (unpaired) electrons. The first kappa shape index (κ1) is 14.8. The molecule has 25 heavy (non-hydrogen) atoms. The number of nitrogens with one attached hydrogen (secondary N) is 1. The van der Waals surface area contributed by atoms with Crippen LogP contribution in [0, 0.1) is 5.92 Å². The summed E-state index contributed by atoms with van der Waals surface area (Å²) in [6.07, 6.45) is 3.81. The lowest BCUT2D eigenvalue weighted by Crippen LogP contribution is -2.27. The molecule has 1 saturated carbocycles. The van der Waals surface area contributed by atoms with E-state index >= 15 is 0 Å². The fourth-order valence-electron chi connectivity index (χ4n) is 3.15. The van der Waals surface area contributed by atoms with E-state index in [0.717, 1.165) is 39.6 Å². The van der Waals surface area contributed by atoms with Crippen molar-refractivity contribution in [2.24, 2.45) is 5.92 Å². The number of amides is 1. The van der Waals surface area contributed by atoms with Gasteiger partial charge < -0.3 is 14.5 Å². The number of rotatable bonds is 3. The number of aromatic nitrogens is 1. The van der Waals surface area contributed by atoms with Gasteiger partial charge in [0.2, 0.25) is 12.7 Å². The number of nitrogens with zero attached hydrogens (tertiary/aromatic N) is 1. The molecule has 1 aliphatic heterocycles. The van der Waals surface area contributed by atoms with Gasteiger partial charge in [-0.2, -0.15) is 0 Å². The molecule has 5 nitrogen and oxygen atoms in total. The van der Waals surface area contributed by atoms with Gasteiger partial charge in [0.1, 0.15) is 0 Å². The standard InChI is InChI=1S/C19H15BrN2O3/c20-15-9-21-16-5-3-12(7-14(15)16)22(19(23)11-1-2-11)13-4-6-17-18(8-13)25-10-24-17/h3-9,11,21H,1-2,10H2. The summed E-state index contributed by atoms with van der Waals surface area (Å²) >= 11 is 3.55. The van der Waals surface area contributed by atoms with Gasteiger partial charge in [-0.3, -0.25) is 9.69 Å². The van der Waals surface area contributed by atoms with Crippen molar-refractivity contribution < 1.29 is 14.3 Å². The van der Waals surface area contributed by atoms with Gasteiger partial charge in [0, 0.05) is 39.2 Å². The Labute approximate surface area is 152 Å². The zero-order valence-electron chi connectivity index (χ0n) is 13.3. The second kappa shape index (κ2) is 5.52. The topological polar surface area (TPSA) is 54.6 Å². The first-order valence-corrected chi connectivity index (χ1v) is 9.00. The van der Waals surface area contributed by atoms with Gasteiger partial charge >= 0.3 is 0 Å². The average Bonchev–Trinajstić information content (AvgIpc) is 3.27. The zero-order valence-corrected chi connectivity index (χ0v) is 14.9. The number of carbonyl (C=O) groups is 1. The van der Waals surface area contributed by atoms with Crippen LogP contribution in [0.15, 0.2) is 47.1 Å². The fourth-order valence-corrected chi connectivity index (χ4v) is 3.60. The third-order valence-corrected chi connectivity index (χ3v) is 5.29. The normalized spacial score (nSPS) is 15.6. The summed E-state index contributed by atoms with van der Waals surface area (Å²) in [5.41, 5.74) is 2.68. The lowest BCUT2D eigenvalue weighted by Gasteiger charge is -2.23. The largest absolute Gasteiger partial charge is 0.454 e. The van der Waals surface area contributed by atoms with Gasteiger partial charge in [0.05, 0.1) is 5.69 Å². The number of fused-ring (bicyclic) bond motifs is 2. The van der Waals surface area contributed by atoms with Crippen LogP contribution in [0.3, 0.4) is 0 Å². The highest BCUT2D eigenvalue weighted by molar-refractivity contribution is 9.10. The van der Waals surface area contributed by atoms with E-state index in [1.54, 1.807) is 4.90 Å². The van der Waals surface area contributed by atoms with Crippen LogP contribution in [-0.2, 0) is 4.79 Å². The number of halogens is 1. The molecule has 2 heterocycles. The molecule has 0 bridgehead atoms. The number of ether oxygens (including phenoxy) is 2. The van der Waals surface area contributed by atoms with Crippen molar-refractivity contribution in [3.63, 3.8) is 0 Å². The summed E-state index contributed by atoms with van der Waals surface area (Å²) in [7, 11) is 0. The molecule has 6 heteroatoms. The van der Waals surface area contributed by atoms with Crippen LogP contribution in [-0.4, -0.2) is 17.7 Å². The minimum atomic E-state index is 0.107. The van der Waals surface area contributed by atoms with E-state index in [9.17, 15) is 4.79 Å². The summed E-state index contributed by atoms with van der Waals surface area (Å²) in [5.74, 6) is 1.63. The van der Waals surface area contributed by atoms with Crippen molar-refractivity contribution in [3.05, 3.63) is 47.1 Å². The number of anilines is 2. The molecule has 1 aliphatic carbocycles. The van der Waals surface area contributed by atoms with Crippen molar-refractivity contribution in [1.29, 1.82) is 0 Å². The predicted molar refractivity (Wildman–Crippen MR) is 98.4 cm³/mol. The predicted octanol–water partition coefficient (Wildman–Crippen LogP) is 4.73. The summed E-state index contributed by atoms with van der Waals surface area (Å²) in [4.78, 5) is 18.0. The second-order valence-corrected chi connectivity index (χ2v) is 7.21. The van der Waals surface area contributed by atoms with E-state index in [0.29, 0.717) is 11.5 Å². The molecule has 1 fully saturated rings. The summed E-state index contributed by atoms with van der Waals surface area (Å²) in [6.45, 7) is 0.220. The molecule has 0 atom stereocenters. The minimum Gasteiger partial charge on any atom is -0.454 e. The highest BCUT2D eigenvalue weighted by atomic mass is 79.9. The smallest absolute Gasteiger partial charge is 0.234 e. The molecule has 1 N–H and O–H groups in total. The van der Waals surface area contributed by atoms with Crippen LogP contribution in [0.2, 0.25) is 0 Å². The first-order valence-electron chi connectivity index (χ1n) is 8.21. The Morgan fingerprint density at radius 3 is 2.68 bits per heavy atom. The molecular weight excluding hydrogens is 384 g/mol. The van der Waals surface area contributed by atoms with Crippen molar-refractivity contribution in [2.45, 2.75) is 12.8 Å². The van der Waals surface area contributed by atoms with Crippen LogP contribution in [0.25, 0.3) is 10.9 Å². The molecule has 2 aliphatic rings. The Balaban J connectivity index is 1.64. The van der Waals surface area contributed by atoms with E-state index < -0.39 is 0 Å². The molecule has 0 unspecified atom stereocenters. The fraction of sp³-hybridized carbons (Fsp3) is 0.211. The maximum Gasteiger partial charge on any atom is 0.234 e. The number of H-pyrrole nitrogens is 1. The van der Waals surface area contributed by atoms with E-state index in [2.05, 4.69) is 20.9 Å². The van der Waals surface area contributed by atoms with Crippen molar-refractivity contribution in [1.82, 2.24) is 4.98 Å².